The van der Waals surface area contributed by atoms with Crippen LogP contribution in [-0.2, 0) is 6.54 Å². The third-order valence-electron chi connectivity index (χ3n) is 2.22. The average molecular weight is 294 g/mol. The van der Waals surface area contributed by atoms with Gasteiger partial charge in [-0.3, -0.25) is 0 Å². The molecule has 0 fully saturated rings. The molecule has 0 saturated carbocycles. The standard InChI is InChI=1S/C12H11FN4S2/c1-8(6-14)18-12-17-16-11(19-12)15-7-9-2-4-10(13)5-3-9/h2-5,8H,7H2,1H3,(H,15,16)/t8-/m1/s1. The van der Waals surface area contributed by atoms with Crippen LogP contribution in [0.1, 0.15) is 12.5 Å². The fourth-order valence-electron chi connectivity index (χ4n) is 1.29. The molecule has 2 rings (SSSR count). The highest BCUT2D eigenvalue weighted by molar-refractivity contribution is 8.01. The molecule has 1 aromatic carbocycles. The number of nitriles is 1. The number of aromatic nitrogens is 2. The quantitative estimate of drug-likeness (QED) is 0.857. The Morgan fingerprint density at radius 3 is 2.84 bits per heavy atom. The number of nitrogens with one attached hydrogen (secondary N) is 1. The van der Waals surface area contributed by atoms with Gasteiger partial charge in [-0.15, -0.1) is 10.2 Å². The van der Waals surface area contributed by atoms with E-state index in [1.807, 2.05) is 6.92 Å². The van der Waals surface area contributed by atoms with Crippen molar-refractivity contribution in [3.8, 4) is 6.07 Å². The van der Waals surface area contributed by atoms with Crippen molar-refractivity contribution in [3.05, 3.63) is 35.6 Å². The second-order valence-electron chi connectivity index (χ2n) is 3.74. The predicted molar refractivity (Wildman–Crippen MR) is 74.6 cm³/mol. The monoisotopic (exact) mass is 294 g/mol. The molecule has 1 N–H and O–H groups in total. The van der Waals surface area contributed by atoms with Gasteiger partial charge >= 0.3 is 0 Å². The van der Waals surface area contributed by atoms with Crippen molar-refractivity contribution in [2.75, 3.05) is 5.32 Å². The van der Waals surface area contributed by atoms with E-state index in [2.05, 4.69) is 21.6 Å². The fourth-order valence-corrected chi connectivity index (χ4v) is 3.06. The van der Waals surface area contributed by atoms with E-state index < -0.39 is 0 Å². The first-order valence-electron chi connectivity index (χ1n) is 5.55. The van der Waals surface area contributed by atoms with Crippen LogP contribution >= 0.6 is 23.1 Å². The Morgan fingerprint density at radius 2 is 2.16 bits per heavy atom. The number of hydrogen-bond donors (Lipinski definition) is 1. The highest BCUT2D eigenvalue weighted by Gasteiger charge is 2.08. The molecule has 0 aliphatic carbocycles. The first-order valence-corrected chi connectivity index (χ1v) is 7.25. The van der Waals surface area contributed by atoms with Crippen molar-refractivity contribution in [2.45, 2.75) is 23.1 Å². The van der Waals surface area contributed by atoms with Crippen LogP contribution in [-0.4, -0.2) is 15.4 Å². The molecular weight excluding hydrogens is 283 g/mol. The van der Waals surface area contributed by atoms with Gasteiger partial charge in [0.25, 0.3) is 0 Å². The second-order valence-corrected chi connectivity index (χ2v) is 6.31. The number of thioether (sulfide) groups is 1. The van der Waals surface area contributed by atoms with Gasteiger partial charge in [0, 0.05) is 6.54 Å². The van der Waals surface area contributed by atoms with Crippen LogP contribution in [0.4, 0.5) is 9.52 Å². The van der Waals surface area contributed by atoms with E-state index in [1.165, 1.54) is 35.2 Å². The molecule has 0 radical (unpaired) electrons. The first-order chi connectivity index (χ1) is 9.17. The lowest BCUT2D eigenvalue weighted by molar-refractivity contribution is 0.627. The zero-order chi connectivity index (χ0) is 13.7. The zero-order valence-corrected chi connectivity index (χ0v) is 11.8. The minimum Gasteiger partial charge on any atom is -0.356 e. The Bertz CT molecular complexity index is 576. The van der Waals surface area contributed by atoms with Crippen LogP contribution in [0.15, 0.2) is 28.6 Å². The van der Waals surface area contributed by atoms with Crippen LogP contribution in [0, 0.1) is 17.1 Å². The van der Waals surface area contributed by atoms with Crippen molar-refractivity contribution in [2.24, 2.45) is 0 Å². The van der Waals surface area contributed by atoms with Crippen molar-refractivity contribution >= 4 is 28.2 Å². The van der Waals surface area contributed by atoms with Crippen LogP contribution in [0.5, 0.6) is 0 Å². The Morgan fingerprint density at radius 1 is 1.42 bits per heavy atom. The molecule has 7 heteroatoms. The second kappa shape index (κ2) is 6.50. The first kappa shape index (κ1) is 13.8. The summed E-state index contributed by atoms with van der Waals surface area (Å²) in [7, 11) is 0. The van der Waals surface area contributed by atoms with Crippen LogP contribution in [0.2, 0.25) is 0 Å². The highest BCUT2D eigenvalue weighted by atomic mass is 32.2. The molecule has 2 aromatic rings. The molecular formula is C12H11FN4S2. The van der Waals surface area contributed by atoms with Crippen LogP contribution in [0.3, 0.4) is 0 Å². The van der Waals surface area contributed by atoms with E-state index in [9.17, 15) is 4.39 Å². The van der Waals surface area contributed by atoms with Gasteiger partial charge in [0.15, 0.2) is 4.34 Å². The van der Waals surface area contributed by atoms with E-state index in [4.69, 9.17) is 5.26 Å². The van der Waals surface area contributed by atoms with E-state index in [0.717, 1.165) is 9.90 Å². The number of anilines is 1. The van der Waals surface area contributed by atoms with Crippen LogP contribution < -0.4 is 5.32 Å². The molecule has 0 bridgehead atoms. The Hall–Kier alpha value is -1.65. The number of hydrogen-bond acceptors (Lipinski definition) is 6. The highest BCUT2D eigenvalue weighted by Crippen LogP contribution is 2.28. The largest absolute Gasteiger partial charge is 0.356 e. The molecule has 0 saturated heterocycles. The summed E-state index contributed by atoms with van der Waals surface area (Å²) in [5, 5.41) is 20.4. The lowest BCUT2D eigenvalue weighted by Crippen LogP contribution is -1.98. The van der Waals surface area contributed by atoms with E-state index in [1.54, 1.807) is 12.1 Å². The van der Waals surface area contributed by atoms with Gasteiger partial charge in [-0.05, 0) is 24.6 Å². The van der Waals surface area contributed by atoms with Gasteiger partial charge in [-0.2, -0.15) is 5.26 Å². The van der Waals surface area contributed by atoms with Gasteiger partial charge in [0.1, 0.15) is 5.82 Å². The van der Waals surface area contributed by atoms with Gasteiger partial charge in [-0.1, -0.05) is 35.2 Å². The van der Waals surface area contributed by atoms with E-state index >= 15 is 0 Å². The van der Waals surface area contributed by atoms with Gasteiger partial charge in [0.05, 0.1) is 11.3 Å². The molecule has 1 heterocycles. The molecule has 0 unspecified atom stereocenters. The number of nitrogens with zero attached hydrogens (tertiary/aromatic N) is 3. The van der Waals surface area contributed by atoms with Crippen molar-refractivity contribution < 1.29 is 4.39 Å². The summed E-state index contributed by atoms with van der Waals surface area (Å²) < 4.78 is 13.5. The van der Waals surface area contributed by atoms with Crippen molar-refractivity contribution in [3.63, 3.8) is 0 Å². The SMILES string of the molecule is C[C@H](C#N)Sc1nnc(NCc2ccc(F)cc2)s1. The number of halogens is 1. The lowest BCUT2D eigenvalue weighted by atomic mass is 10.2. The zero-order valence-electron chi connectivity index (χ0n) is 10.1. The molecule has 0 aliphatic heterocycles. The molecule has 4 nitrogen and oxygen atoms in total. The minimum absolute atomic E-state index is 0.141. The maximum absolute atomic E-state index is 12.7. The summed E-state index contributed by atoms with van der Waals surface area (Å²) in [6.07, 6.45) is 0. The maximum Gasteiger partial charge on any atom is 0.206 e. The summed E-state index contributed by atoms with van der Waals surface area (Å²) in [6, 6.07) is 8.42. The Kier molecular flexibility index (Phi) is 4.71. The Balaban J connectivity index is 1.90. The topological polar surface area (TPSA) is 61.6 Å². The number of benzene rings is 1. The third-order valence-corrected chi connectivity index (χ3v) is 4.18. The molecule has 1 aromatic heterocycles. The Labute approximate surface area is 118 Å². The van der Waals surface area contributed by atoms with Crippen molar-refractivity contribution in [1.29, 1.82) is 5.26 Å². The van der Waals surface area contributed by atoms with E-state index in [-0.39, 0.29) is 11.1 Å². The van der Waals surface area contributed by atoms with Crippen molar-refractivity contribution in [1.82, 2.24) is 10.2 Å². The maximum atomic E-state index is 12.7. The summed E-state index contributed by atoms with van der Waals surface area (Å²) in [6.45, 7) is 2.38. The smallest absolute Gasteiger partial charge is 0.206 e. The van der Waals surface area contributed by atoms with Gasteiger partial charge in [-0.25, -0.2) is 4.39 Å². The molecule has 0 spiro atoms. The van der Waals surface area contributed by atoms with Gasteiger partial charge < -0.3 is 5.32 Å². The molecule has 0 amide bonds. The molecule has 98 valence electrons. The normalized spacial score (nSPS) is 11.8. The summed E-state index contributed by atoms with van der Waals surface area (Å²) in [5.74, 6) is -0.246. The summed E-state index contributed by atoms with van der Waals surface area (Å²) in [5.41, 5.74) is 0.969. The summed E-state index contributed by atoms with van der Waals surface area (Å²) in [4.78, 5) is 0. The lowest BCUT2D eigenvalue weighted by Gasteiger charge is -2.01. The van der Waals surface area contributed by atoms with Gasteiger partial charge in [0.2, 0.25) is 5.13 Å². The molecule has 1 atom stereocenters. The summed E-state index contributed by atoms with van der Waals surface area (Å²) >= 11 is 2.79. The minimum atomic E-state index is -0.246. The third kappa shape index (κ3) is 4.19. The van der Waals surface area contributed by atoms with E-state index in [0.29, 0.717) is 11.7 Å². The molecule has 0 aliphatic rings. The fraction of sp³-hybridized carbons (Fsp3) is 0.250. The van der Waals surface area contributed by atoms with Crippen LogP contribution in [0.25, 0.3) is 0 Å². The predicted octanol–water partition coefficient (Wildman–Crippen LogP) is 3.29. The number of rotatable bonds is 5. The molecule has 19 heavy (non-hydrogen) atoms. The average Bonchev–Trinajstić information content (AvgIpc) is 2.85.